The molecule has 0 rings (SSSR count). The Morgan fingerprint density at radius 2 is 1.55 bits per heavy atom. The molecular formula is C15H31N3O2. The van der Waals surface area contributed by atoms with Crippen LogP contribution in [0.3, 0.4) is 0 Å². The van der Waals surface area contributed by atoms with Gasteiger partial charge in [-0.25, -0.2) is 0 Å². The maximum absolute atomic E-state index is 11.7. The number of hydrogen-bond donors (Lipinski definition) is 2. The van der Waals surface area contributed by atoms with E-state index in [1.807, 2.05) is 0 Å². The minimum absolute atomic E-state index is 0.0551. The summed E-state index contributed by atoms with van der Waals surface area (Å²) in [5.74, 6) is 0.118. The highest BCUT2D eigenvalue weighted by Crippen LogP contribution is 2.10. The van der Waals surface area contributed by atoms with E-state index in [2.05, 4.69) is 12.1 Å². The predicted octanol–water partition coefficient (Wildman–Crippen LogP) is 3.11. The largest absolute Gasteiger partial charge is 0.409 e. The summed E-state index contributed by atoms with van der Waals surface area (Å²) in [7, 11) is 1.67. The average molecular weight is 285 g/mol. The van der Waals surface area contributed by atoms with E-state index in [4.69, 9.17) is 10.9 Å². The van der Waals surface area contributed by atoms with Gasteiger partial charge >= 0.3 is 0 Å². The molecule has 20 heavy (non-hydrogen) atoms. The molecule has 0 heterocycles. The highest BCUT2D eigenvalue weighted by molar-refractivity contribution is 5.86. The summed E-state index contributed by atoms with van der Waals surface area (Å²) in [5, 5.41) is 11.3. The van der Waals surface area contributed by atoms with Gasteiger partial charge in [0.2, 0.25) is 5.91 Å². The number of nitrogens with zero attached hydrogens (tertiary/aromatic N) is 2. The van der Waals surface area contributed by atoms with Crippen LogP contribution in [0.5, 0.6) is 0 Å². The molecule has 0 saturated carbocycles. The zero-order valence-electron chi connectivity index (χ0n) is 13.1. The number of carbonyl (C=O) groups excluding carboxylic acids is 1. The lowest BCUT2D eigenvalue weighted by molar-refractivity contribution is -0.129. The highest BCUT2D eigenvalue weighted by Gasteiger charge is 2.09. The fourth-order valence-electron chi connectivity index (χ4n) is 2.14. The van der Waals surface area contributed by atoms with Gasteiger partial charge in [-0.2, -0.15) is 0 Å². The molecule has 1 amide bonds. The van der Waals surface area contributed by atoms with Crippen LogP contribution in [0.2, 0.25) is 0 Å². The third-order valence-corrected chi connectivity index (χ3v) is 3.45. The molecule has 0 fully saturated rings. The van der Waals surface area contributed by atoms with Crippen LogP contribution < -0.4 is 5.73 Å². The number of rotatable bonds is 12. The third kappa shape index (κ3) is 10.6. The van der Waals surface area contributed by atoms with Gasteiger partial charge in [-0.15, -0.1) is 0 Å². The second kappa shape index (κ2) is 12.8. The Balaban J connectivity index is 3.43. The van der Waals surface area contributed by atoms with Crippen LogP contribution in [0.15, 0.2) is 5.16 Å². The number of amides is 1. The zero-order valence-corrected chi connectivity index (χ0v) is 13.1. The molecule has 0 aliphatic heterocycles. The van der Waals surface area contributed by atoms with Crippen molar-refractivity contribution in [3.05, 3.63) is 0 Å². The van der Waals surface area contributed by atoms with Crippen LogP contribution in [0.25, 0.3) is 0 Å². The topological polar surface area (TPSA) is 78.9 Å². The Morgan fingerprint density at radius 1 is 1.05 bits per heavy atom. The second-order valence-corrected chi connectivity index (χ2v) is 5.42. The Morgan fingerprint density at radius 3 is 2.05 bits per heavy atom. The smallest absolute Gasteiger partial charge is 0.222 e. The molecule has 0 spiro atoms. The normalized spacial score (nSPS) is 11.6. The Bertz CT molecular complexity index is 280. The van der Waals surface area contributed by atoms with E-state index >= 15 is 0 Å². The van der Waals surface area contributed by atoms with Gasteiger partial charge in [-0.1, -0.05) is 63.4 Å². The van der Waals surface area contributed by atoms with Crippen molar-refractivity contribution < 1.29 is 10.0 Å². The molecule has 118 valence electrons. The van der Waals surface area contributed by atoms with Crippen molar-refractivity contribution in [2.45, 2.75) is 71.1 Å². The molecule has 0 unspecified atom stereocenters. The van der Waals surface area contributed by atoms with Crippen molar-refractivity contribution in [1.82, 2.24) is 4.90 Å². The van der Waals surface area contributed by atoms with Gasteiger partial charge in [0.05, 0.1) is 6.54 Å². The van der Waals surface area contributed by atoms with E-state index in [1.54, 1.807) is 7.05 Å². The fraction of sp³-hybridized carbons (Fsp3) is 0.867. The van der Waals surface area contributed by atoms with E-state index in [0.29, 0.717) is 6.42 Å². The van der Waals surface area contributed by atoms with Crippen LogP contribution in [0.4, 0.5) is 0 Å². The van der Waals surface area contributed by atoms with Gasteiger partial charge < -0.3 is 15.8 Å². The minimum Gasteiger partial charge on any atom is -0.409 e. The van der Waals surface area contributed by atoms with Gasteiger partial charge in [-0.3, -0.25) is 4.79 Å². The summed E-state index contributed by atoms with van der Waals surface area (Å²) in [4.78, 5) is 13.2. The molecule has 0 radical (unpaired) electrons. The van der Waals surface area contributed by atoms with Crippen molar-refractivity contribution in [3.8, 4) is 0 Å². The summed E-state index contributed by atoms with van der Waals surface area (Å²) in [6, 6.07) is 0. The average Bonchev–Trinajstić information content (AvgIpc) is 2.45. The predicted molar refractivity (Wildman–Crippen MR) is 82.9 cm³/mol. The Hall–Kier alpha value is -1.26. The molecule has 3 N–H and O–H groups in total. The lowest BCUT2D eigenvalue weighted by atomic mass is 10.1. The Labute approximate surface area is 123 Å². The van der Waals surface area contributed by atoms with Crippen LogP contribution in [0.1, 0.15) is 71.1 Å². The van der Waals surface area contributed by atoms with Crippen molar-refractivity contribution >= 4 is 11.7 Å². The molecular weight excluding hydrogens is 254 g/mol. The van der Waals surface area contributed by atoms with Crippen LogP contribution in [-0.4, -0.2) is 35.4 Å². The van der Waals surface area contributed by atoms with Gasteiger partial charge in [0.1, 0.15) is 0 Å². The maximum atomic E-state index is 11.7. The van der Waals surface area contributed by atoms with Crippen molar-refractivity contribution in [2.24, 2.45) is 10.9 Å². The summed E-state index contributed by atoms with van der Waals surface area (Å²) in [6.07, 6.45) is 11.7. The first-order valence-corrected chi connectivity index (χ1v) is 7.82. The van der Waals surface area contributed by atoms with E-state index in [1.165, 1.54) is 49.8 Å². The second-order valence-electron chi connectivity index (χ2n) is 5.42. The van der Waals surface area contributed by atoms with E-state index < -0.39 is 0 Å². The first kappa shape index (κ1) is 18.7. The molecule has 0 aromatic heterocycles. The van der Waals surface area contributed by atoms with Crippen LogP contribution >= 0.6 is 0 Å². The summed E-state index contributed by atoms with van der Waals surface area (Å²) >= 11 is 0. The Kier molecular flexibility index (Phi) is 12.0. The first-order valence-electron chi connectivity index (χ1n) is 7.82. The third-order valence-electron chi connectivity index (χ3n) is 3.45. The van der Waals surface area contributed by atoms with Gasteiger partial charge in [-0.05, 0) is 6.42 Å². The first-order chi connectivity index (χ1) is 9.61. The molecule has 5 heteroatoms. The number of amidine groups is 1. The number of likely N-dealkylation sites (N-methyl/N-ethyl adjacent to an activating group) is 1. The molecule has 0 aliphatic carbocycles. The number of unbranched alkanes of at least 4 members (excludes halogenated alkanes) is 8. The minimum atomic E-state index is 0.0551. The number of carbonyl (C=O) groups is 1. The molecule has 0 aromatic carbocycles. The monoisotopic (exact) mass is 285 g/mol. The van der Waals surface area contributed by atoms with Crippen LogP contribution in [-0.2, 0) is 4.79 Å². The highest BCUT2D eigenvalue weighted by atomic mass is 16.4. The van der Waals surface area contributed by atoms with E-state index in [9.17, 15) is 4.79 Å². The molecule has 0 saturated heterocycles. The van der Waals surface area contributed by atoms with Crippen molar-refractivity contribution in [3.63, 3.8) is 0 Å². The molecule has 0 atom stereocenters. The molecule has 0 aromatic rings. The van der Waals surface area contributed by atoms with Gasteiger partial charge in [0.15, 0.2) is 5.84 Å². The summed E-state index contributed by atoms with van der Waals surface area (Å²) < 4.78 is 0. The van der Waals surface area contributed by atoms with Crippen molar-refractivity contribution in [1.29, 1.82) is 0 Å². The summed E-state index contributed by atoms with van der Waals surface area (Å²) in [6.45, 7) is 2.42. The fourth-order valence-corrected chi connectivity index (χ4v) is 2.14. The molecule has 0 bridgehead atoms. The maximum Gasteiger partial charge on any atom is 0.222 e. The standard InChI is InChI=1S/C15H31N3O2/c1-3-4-5-6-7-8-9-10-11-12-15(19)18(2)13-14(16)17-20/h20H,3-13H2,1-2H3,(H2,16,17). The van der Waals surface area contributed by atoms with Gasteiger partial charge in [0.25, 0.3) is 0 Å². The lowest BCUT2D eigenvalue weighted by Gasteiger charge is -2.15. The number of nitrogens with two attached hydrogens (primary N) is 1. The molecule has 5 nitrogen and oxygen atoms in total. The SMILES string of the molecule is CCCCCCCCCCCC(=O)N(C)CC(N)=NO. The molecule has 0 aliphatic rings. The number of hydrogen-bond acceptors (Lipinski definition) is 3. The lowest BCUT2D eigenvalue weighted by Crippen LogP contribution is -2.35. The number of oxime groups is 1. The van der Waals surface area contributed by atoms with Gasteiger partial charge in [0, 0.05) is 13.5 Å². The van der Waals surface area contributed by atoms with E-state index in [0.717, 1.165) is 12.8 Å². The van der Waals surface area contributed by atoms with E-state index in [-0.39, 0.29) is 18.3 Å². The zero-order chi connectivity index (χ0) is 15.2. The quantitative estimate of drug-likeness (QED) is 0.190. The van der Waals surface area contributed by atoms with Crippen LogP contribution in [0, 0.1) is 0 Å². The summed E-state index contributed by atoms with van der Waals surface area (Å²) in [5.41, 5.74) is 5.36. The van der Waals surface area contributed by atoms with Crippen molar-refractivity contribution in [2.75, 3.05) is 13.6 Å².